The van der Waals surface area contributed by atoms with Crippen LogP contribution >= 0.6 is 11.8 Å². The van der Waals surface area contributed by atoms with Gasteiger partial charge in [0.15, 0.2) is 5.03 Å². The van der Waals surface area contributed by atoms with E-state index in [4.69, 9.17) is 5.84 Å². The topological polar surface area (TPSA) is 110 Å². The van der Waals surface area contributed by atoms with Crippen LogP contribution in [0.15, 0.2) is 5.03 Å². The van der Waals surface area contributed by atoms with Gasteiger partial charge < -0.3 is 4.90 Å². The Bertz CT molecular complexity index is 466. The van der Waals surface area contributed by atoms with E-state index in [1.165, 1.54) is 11.8 Å². The van der Waals surface area contributed by atoms with Crippen LogP contribution < -0.4 is 11.3 Å². The fourth-order valence-electron chi connectivity index (χ4n) is 1.73. The van der Waals surface area contributed by atoms with Crippen LogP contribution in [0.2, 0.25) is 0 Å². The van der Waals surface area contributed by atoms with Crippen molar-refractivity contribution in [3.8, 4) is 0 Å². The highest BCUT2D eigenvalue weighted by Crippen LogP contribution is 2.30. The van der Waals surface area contributed by atoms with Crippen LogP contribution in [0, 0.1) is 17.0 Å². The number of aromatic nitrogens is 2. The van der Waals surface area contributed by atoms with Gasteiger partial charge in [-0.1, -0.05) is 25.6 Å². The van der Waals surface area contributed by atoms with Gasteiger partial charge in [-0.15, -0.1) is 0 Å². The van der Waals surface area contributed by atoms with Gasteiger partial charge in [0.05, 0.1) is 4.92 Å². The van der Waals surface area contributed by atoms with Gasteiger partial charge in [-0.3, -0.25) is 15.5 Å². The summed E-state index contributed by atoms with van der Waals surface area (Å²) in [4.78, 5) is 20.9. The minimum absolute atomic E-state index is 0.0476. The predicted molar refractivity (Wildman–Crippen MR) is 79.7 cm³/mol. The van der Waals surface area contributed by atoms with Crippen LogP contribution in [0.1, 0.15) is 19.5 Å². The van der Waals surface area contributed by atoms with Gasteiger partial charge in [0.1, 0.15) is 5.69 Å². The largest absolute Gasteiger partial charge is 0.322 e. The Kier molecular flexibility index (Phi) is 6.62. The third kappa shape index (κ3) is 4.29. The number of anilines is 1. The number of hydrazine groups is 1. The molecule has 0 saturated heterocycles. The third-order valence-corrected chi connectivity index (χ3v) is 3.82. The van der Waals surface area contributed by atoms with E-state index in [2.05, 4.69) is 34.1 Å². The summed E-state index contributed by atoms with van der Waals surface area (Å²) in [6, 6.07) is 0. The Morgan fingerprint density at radius 1 is 1.40 bits per heavy atom. The van der Waals surface area contributed by atoms with E-state index >= 15 is 0 Å². The first-order chi connectivity index (χ1) is 9.53. The fraction of sp³-hybridized carbons (Fsp3) is 0.636. The SMILES string of the molecule is CCN(CC)CCSc1nc(NN)nc(C)c1[N+](=O)[O-]. The zero-order valence-corrected chi connectivity index (χ0v) is 12.7. The molecule has 0 atom stereocenters. The minimum atomic E-state index is -0.449. The predicted octanol–water partition coefficient (Wildman–Crippen LogP) is 1.41. The van der Waals surface area contributed by atoms with E-state index in [1.54, 1.807) is 6.92 Å². The summed E-state index contributed by atoms with van der Waals surface area (Å²) in [5.41, 5.74) is 2.59. The van der Waals surface area contributed by atoms with Crippen molar-refractivity contribution in [1.82, 2.24) is 14.9 Å². The lowest BCUT2D eigenvalue weighted by Gasteiger charge is -2.17. The van der Waals surface area contributed by atoms with Crippen LogP contribution in [0.25, 0.3) is 0 Å². The number of nitrogens with zero attached hydrogens (tertiary/aromatic N) is 4. The second-order valence-corrected chi connectivity index (χ2v) is 5.15. The van der Waals surface area contributed by atoms with E-state index in [0.717, 1.165) is 25.4 Å². The molecule has 3 N–H and O–H groups in total. The number of thioether (sulfide) groups is 1. The zero-order chi connectivity index (χ0) is 15.1. The third-order valence-electron chi connectivity index (χ3n) is 2.88. The molecule has 0 saturated carbocycles. The number of hydrogen-bond acceptors (Lipinski definition) is 8. The summed E-state index contributed by atoms with van der Waals surface area (Å²) in [7, 11) is 0. The van der Waals surface area contributed by atoms with Gasteiger partial charge in [-0.2, -0.15) is 4.98 Å². The van der Waals surface area contributed by atoms with Gasteiger partial charge in [0.2, 0.25) is 5.95 Å². The highest BCUT2D eigenvalue weighted by molar-refractivity contribution is 7.99. The second-order valence-electron chi connectivity index (χ2n) is 4.06. The second kappa shape index (κ2) is 7.98. The summed E-state index contributed by atoms with van der Waals surface area (Å²) in [6.07, 6.45) is 0. The standard InChI is InChI=1S/C11H20N6O2S/c1-4-16(5-2)6-7-20-10-9(17(18)19)8(3)13-11(14-10)15-12/h4-7,12H2,1-3H3,(H,13,14,15). The lowest BCUT2D eigenvalue weighted by molar-refractivity contribution is -0.389. The monoisotopic (exact) mass is 300 g/mol. The lowest BCUT2D eigenvalue weighted by atomic mass is 10.4. The average Bonchev–Trinajstić information content (AvgIpc) is 2.42. The maximum Gasteiger partial charge on any atom is 0.322 e. The Labute approximate surface area is 122 Å². The molecule has 0 fully saturated rings. The van der Waals surface area contributed by atoms with E-state index in [0.29, 0.717) is 10.7 Å². The molecule has 0 radical (unpaired) electrons. The smallest absolute Gasteiger partial charge is 0.303 e. The quantitative estimate of drug-likeness (QED) is 0.244. The van der Waals surface area contributed by atoms with E-state index < -0.39 is 4.92 Å². The van der Waals surface area contributed by atoms with Crippen LogP contribution in [0.3, 0.4) is 0 Å². The summed E-state index contributed by atoms with van der Waals surface area (Å²) >= 11 is 1.35. The van der Waals surface area contributed by atoms with Gasteiger partial charge in [-0.05, 0) is 20.0 Å². The highest BCUT2D eigenvalue weighted by Gasteiger charge is 2.22. The van der Waals surface area contributed by atoms with E-state index in [9.17, 15) is 10.1 Å². The molecular weight excluding hydrogens is 280 g/mol. The van der Waals surface area contributed by atoms with Gasteiger partial charge in [0, 0.05) is 12.3 Å². The molecule has 112 valence electrons. The maximum absolute atomic E-state index is 11.1. The number of nitrogens with two attached hydrogens (primary N) is 1. The summed E-state index contributed by atoms with van der Waals surface area (Å²) < 4.78 is 0. The number of nitro groups is 1. The molecule has 0 bridgehead atoms. The van der Waals surface area contributed by atoms with Crippen LogP contribution in [-0.4, -0.2) is 45.2 Å². The zero-order valence-electron chi connectivity index (χ0n) is 11.9. The molecule has 1 rings (SSSR count). The first-order valence-electron chi connectivity index (χ1n) is 6.38. The molecule has 0 aliphatic carbocycles. The molecule has 0 aromatic carbocycles. The van der Waals surface area contributed by atoms with Crippen molar-refractivity contribution in [3.05, 3.63) is 15.8 Å². The number of nitrogen functional groups attached to an aromatic ring is 1. The van der Waals surface area contributed by atoms with Crippen molar-refractivity contribution in [2.24, 2.45) is 5.84 Å². The number of hydrogen-bond donors (Lipinski definition) is 2. The first-order valence-corrected chi connectivity index (χ1v) is 7.36. The Hall–Kier alpha value is -1.45. The Balaban J connectivity index is 2.86. The average molecular weight is 300 g/mol. The Morgan fingerprint density at radius 2 is 2.05 bits per heavy atom. The fourth-order valence-corrected chi connectivity index (χ4v) is 2.78. The molecule has 0 unspecified atom stereocenters. The molecule has 8 nitrogen and oxygen atoms in total. The number of rotatable bonds is 8. The summed E-state index contributed by atoms with van der Waals surface area (Å²) in [5, 5.41) is 11.5. The molecule has 20 heavy (non-hydrogen) atoms. The van der Waals surface area contributed by atoms with Crippen molar-refractivity contribution in [2.45, 2.75) is 25.8 Å². The molecule has 1 aromatic heterocycles. The van der Waals surface area contributed by atoms with Crippen molar-refractivity contribution in [3.63, 3.8) is 0 Å². The van der Waals surface area contributed by atoms with Gasteiger partial charge >= 0.3 is 5.69 Å². The highest BCUT2D eigenvalue weighted by atomic mass is 32.2. The number of aryl methyl sites for hydroxylation is 1. The van der Waals surface area contributed by atoms with Crippen molar-refractivity contribution in [2.75, 3.05) is 30.8 Å². The molecule has 1 aromatic rings. The summed E-state index contributed by atoms with van der Waals surface area (Å²) in [5.74, 6) is 6.19. The lowest BCUT2D eigenvalue weighted by Crippen LogP contribution is -2.25. The maximum atomic E-state index is 11.1. The molecule has 9 heteroatoms. The molecule has 1 heterocycles. The number of nitrogens with one attached hydrogen (secondary N) is 1. The molecule has 0 aliphatic rings. The van der Waals surface area contributed by atoms with E-state index in [1.807, 2.05) is 0 Å². The van der Waals surface area contributed by atoms with Crippen LogP contribution in [0.5, 0.6) is 0 Å². The first kappa shape index (κ1) is 16.6. The molecule has 0 amide bonds. The van der Waals surface area contributed by atoms with Gasteiger partial charge in [0.25, 0.3) is 0 Å². The minimum Gasteiger partial charge on any atom is -0.303 e. The van der Waals surface area contributed by atoms with Crippen molar-refractivity contribution < 1.29 is 4.92 Å². The summed E-state index contributed by atoms with van der Waals surface area (Å²) in [6.45, 7) is 8.51. The molecular formula is C11H20N6O2S. The van der Waals surface area contributed by atoms with Gasteiger partial charge in [-0.25, -0.2) is 10.8 Å². The van der Waals surface area contributed by atoms with Crippen molar-refractivity contribution >= 4 is 23.4 Å². The molecule has 0 spiro atoms. The van der Waals surface area contributed by atoms with E-state index in [-0.39, 0.29) is 11.6 Å². The normalized spacial score (nSPS) is 10.8. The molecule has 0 aliphatic heterocycles. The Morgan fingerprint density at radius 3 is 2.55 bits per heavy atom. The van der Waals surface area contributed by atoms with Crippen LogP contribution in [0.4, 0.5) is 11.6 Å². The van der Waals surface area contributed by atoms with Crippen LogP contribution in [-0.2, 0) is 0 Å². The van der Waals surface area contributed by atoms with Crippen molar-refractivity contribution in [1.29, 1.82) is 0 Å².